The van der Waals surface area contributed by atoms with Gasteiger partial charge >= 0.3 is 5.97 Å². The molecular formula is C12H14N2O5. The molecule has 0 bridgehead atoms. The van der Waals surface area contributed by atoms with Gasteiger partial charge in [-0.3, -0.25) is 19.4 Å². The predicted molar refractivity (Wildman–Crippen MR) is 64.9 cm³/mol. The second-order valence-corrected chi connectivity index (χ2v) is 4.72. The van der Waals surface area contributed by atoms with E-state index in [-0.39, 0.29) is 23.3 Å². The number of nitrogens with zero attached hydrogens (tertiary/aromatic N) is 1. The zero-order valence-corrected chi connectivity index (χ0v) is 10.3. The molecule has 0 aliphatic carbocycles. The molecule has 1 fully saturated rings. The lowest BCUT2D eigenvalue weighted by atomic mass is 9.86. The smallest absolute Gasteiger partial charge is 0.306 e. The van der Waals surface area contributed by atoms with Crippen molar-refractivity contribution in [3.05, 3.63) is 28.0 Å². The maximum Gasteiger partial charge on any atom is 0.306 e. The molecule has 0 radical (unpaired) electrons. The second-order valence-electron chi connectivity index (χ2n) is 4.72. The van der Waals surface area contributed by atoms with E-state index in [2.05, 4.69) is 4.98 Å². The molecular weight excluding hydrogens is 252 g/mol. The fraction of sp³-hybridized carbons (Fsp3) is 0.417. The van der Waals surface area contributed by atoms with E-state index in [1.54, 1.807) is 6.92 Å². The molecule has 0 saturated carbocycles. The van der Waals surface area contributed by atoms with Gasteiger partial charge in [-0.05, 0) is 0 Å². The molecule has 1 amide bonds. The van der Waals surface area contributed by atoms with Crippen molar-refractivity contribution in [1.82, 2.24) is 9.88 Å². The Bertz CT molecular complexity index is 574. The largest absolute Gasteiger partial charge is 0.494 e. The zero-order chi connectivity index (χ0) is 14.2. The number of carbonyl (C=O) groups excluding carboxylic acids is 1. The van der Waals surface area contributed by atoms with E-state index in [0.717, 1.165) is 6.07 Å². The highest BCUT2D eigenvalue weighted by Crippen LogP contribution is 2.25. The van der Waals surface area contributed by atoms with Crippen LogP contribution in [0.1, 0.15) is 17.3 Å². The number of H-pyrrole nitrogens is 1. The highest BCUT2D eigenvalue weighted by atomic mass is 16.4. The summed E-state index contributed by atoms with van der Waals surface area (Å²) in [6.07, 6.45) is 0. The van der Waals surface area contributed by atoms with Gasteiger partial charge in [0, 0.05) is 31.1 Å². The molecule has 2 heterocycles. The molecule has 3 N–H and O–H groups in total. The number of aromatic hydroxyl groups is 1. The molecule has 1 aromatic heterocycles. The maximum atomic E-state index is 12.0. The van der Waals surface area contributed by atoms with Crippen LogP contribution >= 0.6 is 0 Å². The van der Waals surface area contributed by atoms with Crippen LogP contribution in [-0.2, 0) is 4.79 Å². The van der Waals surface area contributed by atoms with Gasteiger partial charge in [0.25, 0.3) is 11.5 Å². The Hall–Kier alpha value is -2.31. The van der Waals surface area contributed by atoms with Crippen molar-refractivity contribution in [3.63, 3.8) is 0 Å². The third kappa shape index (κ3) is 2.59. The van der Waals surface area contributed by atoms with Crippen molar-refractivity contribution in [2.24, 2.45) is 11.8 Å². The first-order chi connectivity index (χ1) is 8.88. The number of carbonyl (C=O) groups is 2. The molecule has 7 nitrogen and oxygen atoms in total. The molecule has 1 aliphatic rings. The zero-order valence-electron chi connectivity index (χ0n) is 10.3. The number of hydrogen-bond acceptors (Lipinski definition) is 4. The molecule has 19 heavy (non-hydrogen) atoms. The van der Waals surface area contributed by atoms with Crippen LogP contribution in [0.25, 0.3) is 0 Å². The average molecular weight is 266 g/mol. The van der Waals surface area contributed by atoms with Crippen molar-refractivity contribution in [1.29, 1.82) is 0 Å². The number of rotatable bonds is 3. The van der Waals surface area contributed by atoms with Gasteiger partial charge in [0.05, 0.1) is 11.5 Å². The lowest BCUT2D eigenvalue weighted by Gasteiger charge is -2.41. The topological polar surface area (TPSA) is 111 Å². The number of amides is 1. The van der Waals surface area contributed by atoms with Gasteiger partial charge in [-0.25, -0.2) is 0 Å². The van der Waals surface area contributed by atoms with Crippen LogP contribution in [0.5, 0.6) is 5.88 Å². The Morgan fingerprint density at radius 2 is 2.05 bits per heavy atom. The molecule has 0 spiro atoms. The summed E-state index contributed by atoms with van der Waals surface area (Å²) in [5.74, 6) is -2.21. The minimum Gasteiger partial charge on any atom is -0.494 e. The van der Waals surface area contributed by atoms with Crippen molar-refractivity contribution in [3.8, 4) is 5.88 Å². The van der Waals surface area contributed by atoms with Crippen LogP contribution in [0.4, 0.5) is 0 Å². The number of aromatic amines is 1. The SMILES string of the molecule is CC(C(=O)O)C1CN(C(=O)c2cc(O)[nH]c(=O)c2)C1. The first-order valence-corrected chi connectivity index (χ1v) is 5.84. The van der Waals surface area contributed by atoms with E-state index in [1.807, 2.05) is 0 Å². The highest BCUT2D eigenvalue weighted by Gasteiger charge is 2.37. The van der Waals surface area contributed by atoms with Gasteiger partial charge < -0.3 is 15.1 Å². The van der Waals surface area contributed by atoms with Gasteiger partial charge in [0.15, 0.2) is 5.88 Å². The molecule has 0 aromatic carbocycles. The van der Waals surface area contributed by atoms with Crippen LogP contribution in [0, 0.1) is 11.8 Å². The van der Waals surface area contributed by atoms with Crippen molar-refractivity contribution >= 4 is 11.9 Å². The Morgan fingerprint density at radius 3 is 2.58 bits per heavy atom. The summed E-state index contributed by atoms with van der Waals surface area (Å²) < 4.78 is 0. The van der Waals surface area contributed by atoms with E-state index in [0.29, 0.717) is 13.1 Å². The molecule has 2 rings (SSSR count). The third-order valence-electron chi connectivity index (χ3n) is 3.37. The van der Waals surface area contributed by atoms with E-state index in [1.165, 1.54) is 11.0 Å². The van der Waals surface area contributed by atoms with E-state index >= 15 is 0 Å². The van der Waals surface area contributed by atoms with Crippen molar-refractivity contribution in [2.45, 2.75) is 6.92 Å². The highest BCUT2D eigenvalue weighted by molar-refractivity contribution is 5.95. The average Bonchev–Trinajstić information content (AvgIpc) is 2.25. The number of aromatic nitrogens is 1. The lowest BCUT2D eigenvalue weighted by Crippen LogP contribution is -2.53. The molecule has 1 unspecified atom stereocenters. The minimum atomic E-state index is -0.883. The van der Waals surface area contributed by atoms with Gasteiger partial charge in [-0.2, -0.15) is 0 Å². The number of hydrogen-bond donors (Lipinski definition) is 3. The normalized spacial score (nSPS) is 16.8. The van der Waals surface area contributed by atoms with Crippen LogP contribution in [0.2, 0.25) is 0 Å². The minimum absolute atomic E-state index is 0.0722. The lowest BCUT2D eigenvalue weighted by molar-refractivity contribution is -0.144. The fourth-order valence-electron chi connectivity index (χ4n) is 2.03. The first kappa shape index (κ1) is 13.1. The molecule has 1 saturated heterocycles. The molecule has 1 atom stereocenters. The Labute approximate surface area is 108 Å². The summed E-state index contributed by atoms with van der Waals surface area (Å²) in [5.41, 5.74) is -0.456. The Kier molecular flexibility index (Phi) is 3.28. The standard InChI is InChI=1S/C12H14N2O5/c1-6(12(18)19)8-4-14(5-8)11(17)7-2-9(15)13-10(16)3-7/h2-3,6,8H,4-5H2,1H3,(H,18,19)(H2,13,15,16). The summed E-state index contributed by atoms with van der Waals surface area (Å²) in [6, 6.07) is 2.29. The van der Waals surface area contributed by atoms with Crippen LogP contribution in [0.15, 0.2) is 16.9 Å². The number of carboxylic acid groups (broad SMARTS) is 1. The van der Waals surface area contributed by atoms with Crippen LogP contribution in [-0.4, -0.2) is 45.1 Å². The summed E-state index contributed by atoms with van der Waals surface area (Å²) in [6.45, 7) is 2.30. The summed E-state index contributed by atoms with van der Waals surface area (Å²) in [5, 5.41) is 18.1. The van der Waals surface area contributed by atoms with Gasteiger partial charge in [-0.1, -0.05) is 6.92 Å². The number of aliphatic carboxylic acids is 1. The monoisotopic (exact) mass is 266 g/mol. The fourth-order valence-corrected chi connectivity index (χ4v) is 2.03. The summed E-state index contributed by atoms with van der Waals surface area (Å²) in [7, 11) is 0. The van der Waals surface area contributed by atoms with Crippen LogP contribution in [0.3, 0.4) is 0 Å². The summed E-state index contributed by atoms with van der Waals surface area (Å²) >= 11 is 0. The van der Waals surface area contributed by atoms with Crippen molar-refractivity contribution in [2.75, 3.05) is 13.1 Å². The van der Waals surface area contributed by atoms with Crippen molar-refractivity contribution < 1.29 is 19.8 Å². The number of carboxylic acids is 1. The summed E-state index contributed by atoms with van der Waals surface area (Å²) in [4.78, 5) is 37.5. The van der Waals surface area contributed by atoms with E-state index in [4.69, 9.17) is 5.11 Å². The molecule has 1 aliphatic heterocycles. The molecule has 7 heteroatoms. The predicted octanol–water partition coefficient (Wildman–Crippen LogP) is -0.127. The Morgan fingerprint density at radius 1 is 1.42 bits per heavy atom. The second kappa shape index (κ2) is 4.75. The third-order valence-corrected chi connectivity index (χ3v) is 3.37. The van der Waals surface area contributed by atoms with Crippen LogP contribution < -0.4 is 5.56 Å². The van der Waals surface area contributed by atoms with E-state index < -0.39 is 17.4 Å². The van der Waals surface area contributed by atoms with E-state index in [9.17, 15) is 19.5 Å². The van der Waals surface area contributed by atoms with Gasteiger partial charge in [0.2, 0.25) is 0 Å². The number of pyridine rings is 1. The first-order valence-electron chi connectivity index (χ1n) is 5.84. The Balaban J connectivity index is 2.04. The number of likely N-dealkylation sites (tertiary alicyclic amines) is 1. The van der Waals surface area contributed by atoms with Gasteiger partial charge in [0.1, 0.15) is 0 Å². The maximum absolute atomic E-state index is 12.0. The number of nitrogens with one attached hydrogen (secondary N) is 1. The van der Waals surface area contributed by atoms with Gasteiger partial charge in [-0.15, -0.1) is 0 Å². The molecule has 102 valence electrons. The molecule has 1 aromatic rings. The quantitative estimate of drug-likeness (QED) is 0.706.